The summed E-state index contributed by atoms with van der Waals surface area (Å²) in [6.07, 6.45) is 3.07. The van der Waals surface area contributed by atoms with E-state index < -0.39 is 28.7 Å². The highest BCUT2D eigenvalue weighted by Crippen LogP contribution is 2.31. The number of hydrogen-bond acceptors (Lipinski definition) is 4. The van der Waals surface area contributed by atoms with Gasteiger partial charge in [0.15, 0.2) is 0 Å². The number of aliphatic carboxylic acids is 1. The summed E-state index contributed by atoms with van der Waals surface area (Å²) in [5.74, 6) is -1.89. The first kappa shape index (κ1) is 26.5. The van der Waals surface area contributed by atoms with Gasteiger partial charge in [0.1, 0.15) is 11.6 Å². The van der Waals surface area contributed by atoms with Gasteiger partial charge in [-0.2, -0.15) is 12.6 Å². The molecule has 1 fully saturated rings. The van der Waals surface area contributed by atoms with Gasteiger partial charge in [-0.3, -0.25) is 9.59 Å². The van der Waals surface area contributed by atoms with Crippen molar-refractivity contribution in [1.82, 2.24) is 10.6 Å². The molecule has 0 radical (unpaired) electrons. The molecule has 0 spiro atoms. The Labute approximate surface area is 222 Å². The average molecular weight is 517 g/mol. The molecule has 3 aromatic rings. The van der Waals surface area contributed by atoms with E-state index in [9.17, 15) is 19.5 Å². The highest BCUT2D eigenvalue weighted by atomic mass is 32.1. The van der Waals surface area contributed by atoms with E-state index in [0.29, 0.717) is 19.3 Å². The van der Waals surface area contributed by atoms with Crippen molar-refractivity contribution >= 4 is 30.4 Å². The summed E-state index contributed by atoms with van der Waals surface area (Å²) in [4.78, 5) is 38.5. The third-order valence-electron chi connectivity index (χ3n) is 6.93. The van der Waals surface area contributed by atoms with Crippen LogP contribution in [0.25, 0.3) is 11.1 Å². The van der Waals surface area contributed by atoms with Gasteiger partial charge < -0.3 is 15.7 Å². The zero-order valence-corrected chi connectivity index (χ0v) is 21.5. The summed E-state index contributed by atoms with van der Waals surface area (Å²) in [6.45, 7) is 0. The quantitative estimate of drug-likeness (QED) is 0.300. The van der Waals surface area contributed by atoms with Crippen molar-refractivity contribution in [2.45, 2.75) is 55.4 Å². The fourth-order valence-electron chi connectivity index (χ4n) is 4.83. The average Bonchev–Trinajstić information content (AvgIpc) is 3.39. The van der Waals surface area contributed by atoms with Crippen molar-refractivity contribution in [3.8, 4) is 11.1 Å². The van der Waals surface area contributed by atoms with Crippen LogP contribution in [0.2, 0.25) is 0 Å². The van der Waals surface area contributed by atoms with Crippen molar-refractivity contribution in [3.63, 3.8) is 0 Å². The summed E-state index contributed by atoms with van der Waals surface area (Å²) in [5.41, 5.74) is 2.76. The van der Waals surface area contributed by atoms with Gasteiger partial charge >= 0.3 is 5.97 Å². The zero-order valence-electron chi connectivity index (χ0n) is 20.6. The van der Waals surface area contributed by atoms with Crippen LogP contribution in [0.3, 0.4) is 0 Å². The third kappa shape index (κ3) is 6.80. The largest absolute Gasteiger partial charge is 0.480 e. The van der Waals surface area contributed by atoms with E-state index in [2.05, 4.69) is 23.3 Å². The van der Waals surface area contributed by atoms with Gasteiger partial charge in [-0.25, -0.2) is 4.79 Å². The predicted octanol–water partition coefficient (Wildman–Crippen LogP) is 4.44. The third-order valence-corrected chi connectivity index (χ3v) is 7.35. The molecule has 1 saturated carbocycles. The summed E-state index contributed by atoms with van der Waals surface area (Å²) in [7, 11) is 0. The molecule has 2 atom stereocenters. The number of rotatable bonds is 10. The van der Waals surface area contributed by atoms with Crippen molar-refractivity contribution in [1.29, 1.82) is 0 Å². The molecule has 192 valence electrons. The molecule has 0 bridgehead atoms. The SMILES string of the molecule is O=C(O)C(Cc1ccc(-c2ccccc2)cc1)NC(=O)C1(NC(=O)[C@H](S)Cc2ccccc2)CCCC1. The molecule has 1 unspecified atom stereocenters. The van der Waals surface area contributed by atoms with Crippen LogP contribution in [-0.4, -0.2) is 39.7 Å². The van der Waals surface area contributed by atoms with Crippen LogP contribution in [0, 0.1) is 0 Å². The number of carbonyl (C=O) groups excluding carboxylic acids is 2. The highest BCUT2D eigenvalue weighted by Gasteiger charge is 2.44. The maximum atomic E-state index is 13.4. The van der Waals surface area contributed by atoms with Crippen LogP contribution in [0.1, 0.15) is 36.8 Å². The molecular formula is C30H32N2O4S. The van der Waals surface area contributed by atoms with Gasteiger partial charge in [-0.05, 0) is 41.5 Å². The first-order chi connectivity index (χ1) is 17.9. The minimum Gasteiger partial charge on any atom is -0.480 e. The molecule has 0 heterocycles. The maximum Gasteiger partial charge on any atom is 0.326 e. The number of carbonyl (C=O) groups is 3. The Balaban J connectivity index is 1.42. The monoisotopic (exact) mass is 516 g/mol. The summed E-state index contributed by atoms with van der Waals surface area (Å²) < 4.78 is 0. The van der Waals surface area contributed by atoms with Crippen LogP contribution in [0.5, 0.6) is 0 Å². The molecule has 4 rings (SSSR count). The molecule has 0 aromatic heterocycles. The number of thiol groups is 1. The molecule has 2 amide bonds. The Bertz CT molecular complexity index is 1210. The van der Waals surface area contributed by atoms with Crippen LogP contribution >= 0.6 is 12.6 Å². The molecule has 0 saturated heterocycles. The molecule has 1 aliphatic rings. The second-order valence-electron chi connectivity index (χ2n) is 9.62. The maximum absolute atomic E-state index is 13.4. The number of hydrogen-bond donors (Lipinski definition) is 4. The van der Waals surface area contributed by atoms with E-state index in [4.69, 9.17) is 0 Å². The van der Waals surface area contributed by atoms with Gasteiger partial charge in [0.05, 0.1) is 5.25 Å². The standard InChI is InChI=1S/C30H32N2O4S/c33-27(26(37)20-21-9-3-1-4-10-21)32-30(17-7-8-18-30)29(36)31-25(28(34)35)19-22-13-15-24(16-14-22)23-11-5-2-6-12-23/h1-6,9-16,25-26,37H,7-8,17-20H2,(H,31,36)(H,32,33)(H,34,35)/t25?,26-/m1/s1. The Kier molecular flexibility index (Phi) is 8.66. The Morgan fingerprint density at radius 3 is 1.92 bits per heavy atom. The molecule has 1 aliphatic carbocycles. The van der Waals surface area contributed by atoms with E-state index in [1.807, 2.05) is 84.9 Å². The van der Waals surface area contributed by atoms with Gasteiger partial charge in [-0.1, -0.05) is 97.8 Å². The normalized spacial score (nSPS) is 15.9. The lowest BCUT2D eigenvalue weighted by Crippen LogP contribution is -2.61. The van der Waals surface area contributed by atoms with E-state index in [-0.39, 0.29) is 12.3 Å². The minimum atomic E-state index is -1.13. The van der Waals surface area contributed by atoms with E-state index in [1.54, 1.807) is 0 Å². The fourth-order valence-corrected chi connectivity index (χ4v) is 5.11. The molecule has 6 nitrogen and oxygen atoms in total. The lowest BCUT2D eigenvalue weighted by Gasteiger charge is -2.31. The predicted molar refractivity (Wildman–Crippen MR) is 147 cm³/mol. The summed E-state index contributed by atoms with van der Waals surface area (Å²) >= 11 is 4.48. The first-order valence-corrected chi connectivity index (χ1v) is 13.1. The lowest BCUT2D eigenvalue weighted by molar-refractivity contribution is -0.143. The molecule has 0 aliphatic heterocycles. The number of benzene rings is 3. The number of amides is 2. The Morgan fingerprint density at radius 2 is 1.32 bits per heavy atom. The molecule has 3 aromatic carbocycles. The summed E-state index contributed by atoms with van der Waals surface area (Å²) in [6, 6.07) is 26.0. The Morgan fingerprint density at radius 1 is 0.784 bits per heavy atom. The highest BCUT2D eigenvalue weighted by molar-refractivity contribution is 7.81. The fraction of sp³-hybridized carbons (Fsp3) is 0.300. The van der Waals surface area contributed by atoms with E-state index >= 15 is 0 Å². The molecule has 7 heteroatoms. The number of nitrogens with one attached hydrogen (secondary N) is 2. The van der Waals surface area contributed by atoms with Crippen molar-refractivity contribution in [2.24, 2.45) is 0 Å². The van der Waals surface area contributed by atoms with Crippen molar-refractivity contribution in [3.05, 3.63) is 96.1 Å². The molecule has 37 heavy (non-hydrogen) atoms. The summed E-state index contributed by atoms with van der Waals surface area (Å²) in [5, 5.41) is 14.9. The van der Waals surface area contributed by atoms with Crippen LogP contribution in [0.15, 0.2) is 84.9 Å². The smallest absolute Gasteiger partial charge is 0.326 e. The lowest BCUT2D eigenvalue weighted by atomic mass is 9.94. The van der Waals surface area contributed by atoms with Gasteiger partial charge in [0.2, 0.25) is 11.8 Å². The number of carboxylic acids is 1. The first-order valence-electron chi connectivity index (χ1n) is 12.6. The topological polar surface area (TPSA) is 95.5 Å². The Hall–Kier alpha value is -3.58. The van der Waals surface area contributed by atoms with E-state index in [1.165, 1.54) is 0 Å². The van der Waals surface area contributed by atoms with E-state index in [0.717, 1.165) is 35.1 Å². The zero-order chi connectivity index (χ0) is 26.3. The van der Waals surface area contributed by atoms with Crippen LogP contribution < -0.4 is 10.6 Å². The second kappa shape index (κ2) is 12.1. The van der Waals surface area contributed by atoms with Gasteiger partial charge in [0, 0.05) is 6.42 Å². The van der Waals surface area contributed by atoms with Crippen molar-refractivity contribution < 1.29 is 19.5 Å². The van der Waals surface area contributed by atoms with Crippen LogP contribution in [-0.2, 0) is 27.2 Å². The van der Waals surface area contributed by atoms with Gasteiger partial charge in [0.25, 0.3) is 0 Å². The molecule has 3 N–H and O–H groups in total. The van der Waals surface area contributed by atoms with Crippen LogP contribution in [0.4, 0.5) is 0 Å². The van der Waals surface area contributed by atoms with Gasteiger partial charge in [-0.15, -0.1) is 0 Å². The minimum absolute atomic E-state index is 0.142. The second-order valence-corrected chi connectivity index (χ2v) is 10.2. The molecular weight excluding hydrogens is 484 g/mol. The number of carboxylic acid groups (broad SMARTS) is 1. The van der Waals surface area contributed by atoms with Crippen molar-refractivity contribution in [2.75, 3.05) is 0 Å².